The third-order valence-electron chi connectivity index (χ3n) is 3.95. The molecular formula is C15H25ClN2O. The number of nitrogens with zero attached hydrogens (tertiary/aromatic N) is 2. The summed E-state index contributed by atoms with van der Waals surface area (Å²) < 4.78 is 5.44. The van der Waals surface area contributed by atoms with Gasteiger partial charge in [-0.2, -0.15) is 0 Å². The summed E-state index contributed by atoms with van der Waals surface area (Å²) in [7, 11) is 1.74. The molecule has 1 aliphatic heterocycles. The van der Waals surface area contributed by atoms with Crippen LogP contribution in [-0.4, -0.2) is 44.2 Å². The van der Waals surface area contributed by atoms with Gasteiger partial charge in [0.2, 0.25) is 0 Å². The molecule has 1 fully saturated rings. The Morgan fingerprint density at radius 3 is 2.37 bits per heavy atom. The van der Waals surface area contributed by atoms with Crippen LogP contribution in [0.15, 0.2) is 24.3 Å². The molecule has 1 aromatic carbocycles. The number of benzene rings is 1. The van der Waals surface area contributed by atoms with E-state index in [2.05, 4.69) is 35.8 Å². The first-order chi connectivity index (χ1) is 8.76. The molecule has 1 unspecified atom stereocenters. The molecule has 0 radical (unpaired) electrons. The van der Waals surface area contributed by atoms with E-state index >= 15 is 0 Å². The van der Waals surface area contributed by atoms with Crippen LogP contribution in [-0.2, 0) is 0 Å². The fourth-order valence-corrected chi connectivity index (χ4v) is 2.55. The van der Waals surface area contributed by atoms with E-state index in [0.29, 0.717) is 6.04 Å². The van der Waals surface area contributed by atoms with Crippen molar-refractivity contribution in [3.63, 3.8) is 0 Å². The molecular weight excluding hydrogens is 260 g/mol. The van der Waals surface area contributed by atoms with Gasteiger partial charge >= 0.3 is 0 Å². The Kier molecular flexibility index (Phi) is 6.46. The minimum absolute atomic E-state index is 0. The zero-order valence-electron chi connectivity index (χ0n) is 12.1. The number of para-hydroxylation sites is 2. The lowest BCUT2D eigenvalue weighted by Crippen LogP contribution is -2.49. The summed E-state index contributed by atoms with van der Waals surface area (Å²) in [6.07, 6.45) is 1.23. The van der Waals surface area contributed by atoms with Gasteiger partial charge in [0.05, 0.1) is 12.8 Å². The van der Waals surface area contributed by atoms with Gasteiger partial charge in [-0.25, -0.2) is 0 Å². The maximum atomic E-state index is 5.44. The maximum Gasteiger partial charge on any atom is 0.142 e. The second-order valence-electron chi connectivity index (χ2n) is 4.95. The van der Waals surface area contributed by atoms with Crippen LogP contribution in [0.3, 0.4) is 0 Å². The van der Waals surface area contributed by atoms with Crippen molar-refractivity contribution in [1.82, 2.24) is 4.90 Å². The summed E-state index contributed by atoms with van der Waals surface area (Å²) in [5.41, 5.74) is 1.23. The van der Waals surface area contributed by atoms with Gasteiger partial charge in [0.15, 0.2) is 0 Å². The first-order valence-corrected chi connectivity index (χ1v) is 6.88. The fraction of sp³-hybridized carbons (Fsp3) is 0.600. The Labute approximate surface area is 122 Å². The molecule has 1 atom stereocenters. The highest BCUT2D eigenvalue weighted by Gasteiger charge is 2.21. The van der Waals surface area contributed by atoms with Gasteiger partial charge in [0.1, 0.15) is 5.75 Å². The molecule has 0 bridgehead atoms. The summed E-state index contributed by atoms with van der Waals surface area (Å²) in [6, 6.07) is 9.00. The highest BCUT2D eigenvalue weighted by Crippen LogP contribution is 2.28. The molecule has 1 heterocycles. The summed E-state index contributed by atoms with van der Waals surface area (Å²) in [4.78, 5) is 5.00. The van der Waals surface area contributed by atoms with Crippen molar-refractivity contribution < 1.29 is 4.74 Å². The Balaban J connectivity index is 0.00000180. The molecule has 0 aliphatic carbocycles. The van der Waals surface area contributed by atoms with Crippen LogP contribution in [0.5, 0.6) is 5.75 Å². The van der Waals surface area contributed by atoms with Crippen LogP contribution in [0.4, 0.5) is 5.69 Å². The highest BCUT2D eigenvalue weighted by molar-refractivity contribution is 5.85. The van der Waals surface area contributed by atoms with E-state index < -0.39 is 0 Å². The Hall–Kier alpha value is -0.930. The molecule has 0 spiro atoms. The number of hydrogen-bond donors (Lipinski definition) is 0. The van der Waals surface area contributed by atoms with Crippen LogP contribution >= 0.6 is 12.4 Å². The lowest BCUT2D eigenvalue weighted by atomic mass is 10.1. The number of hydrogen-bond acceptors (Lipinski definition) is 3. The topological polar surface area (TPSA) is 15.7 Å². The van der Waals surface area contributed by atoms with E-state index in [0.717, 1.165) is 31.9 Å². The molecule has 19 heavy (non-hydrogen) atoms. The zero-order valence-corrected chi connectivity index (χ0v) is 12.9. The first-order valence-electron chi connectivity index (χ1n) is 6.88. The summed E-state index contributed by atoms with van der Waals surface area (Å²) >= 11 is 0. The van der Waals surface area contributed by atoms with E-state index in [4.69, 9.17) is 4.74 Å². The molecule has 1 aliphatic rings. The number of rotatable bonds is 4. The van der Waals surface area contributed by atoms with Crippen molar-refractivity contribution >= 4 is 18.1 Å². The fourth-order valence-electron chi connectivity index (χ4n) is 2.55. The van der Waals surface area contributed by atoms with Crippen LogP contribution in [0, 0.1) is 0 Å². The number of piperazine rings is 1. The second-order valence-corrected chi connectivity index (χ2v) is 4.95. The number of anilines is 1. The predicted octanol–water partition coefficient (Wildman–Crippen LogP) is 3.04. The average Bonchev–Trinajstić information content (AvgIpc) is 2.46. The van der Waals surface area contributed by atoms with E-state index in [-0.39, 0.29) is 12.4 Å². The maximum absolute atomic E-state index is 5.44. The third-order valence-corrected chi connectivity index (χ3v) is 3.95. The van der Waals surface area contributed by atoms with Gasteiger partial charge in [0, 0.05) is 32.2 Å². The minimum Gasteiger partial charge on any atom is -0.495 e. The van der Waals surface area contributed by atoms with Gasteiger partial charge in [-0.05, 0) is 25.5 Å². The lowest BCUT2D eigenvalue weighted by Gasteiger charge is -2.39. The summed E-state index contributed by atoms with van der Waals surface area (Å²) in [6.45, 7) is 9.05. The van der Waals surface area contributed by atoms with Gasteiger partial charge < -0.3 is 9.64 Å². The van der Waals surface area contributed by atoms with Crippen molar-refractivity contribution in [3.05, 3.63) is 24.3 Å². The molecule has 0 N–H and O–H groups in total. The van der Waals surface area contributed by atoms with Gasteiger partial charge in [-0.1, -0.05) is 19.1 Å². The van der Waals surface area contributed by atoms with Crippen LogP contribution < -0.4 is 9.64 Å². The van der Waals surface area contributed by atoms with Crippen molar-refractivity contribution in [2.75, 3.05) is 38.2 Å². The number of ether oxygens (including phenoxy) is 1. The van der Waals surface area contributed by atoms with E-state index in [9.17, 15) is 0 Å². The minimum atomic E-state index is 0. The van der Waals surface area contributed by atoms with Gasteiger partial charge in [0.25, 0.3) is 0 Å². The molecule has 4 heteroatoms. The number of halogens is 1. The van der Waals surface area contributed by atoms with E-state index in [1.165, 1.54) is 12.1 Å². The summed E-state index contributed by atoms with van der Waals surface area (Å²) in [5, 5.41) is 0. The van der Waals surface area contributed by atoms with Gasteiger partial charge in [-0.15, -0.1) is 12.4 Å². The molecule has 1 saturated heterocycles. The number of methoxy groups -OCH3 is 1. The van der Waals surface area contributed by atoms with Crippen LogP contribution in [0.1, 0.15) is 20.3 Å². The monoisotopic (exact) mass is 284 g/mol. The van der Waals surface area contributed by atoms with Gasteiger partial charge in [-0.3, -0.25) is 4.90 Å². The molecule has 1 aromatic rings. The van der Waals surface area contributed by atoms with E-state index in [1.54, 1.807) is 7.11 Å². The molecule has 0 saturated carbocycles. The van der Waals surface area contributed by atoms with Crippen molar-refractivity contribution in [2.45, 2.75) is 26.3 Å². The molecule has 0 aromatic heterocycles. The van der Waals surface area contributed by atoms with Crippen molar-refractivity contribution in [2.24, 2.45) is 0 Å². The second kappa shape index (κ2) is 7.61. The molecule has 108 valence electrons. The van der Waals surface area contributed by atoms with Crippen molar-refractivity contribution in [1.29, 1.82) is 0 Å². The van der Waals surface area contributed by atoms with E-state index in [1.807, 2.05) is 12.1 Å². The average molecular weight is 285 g/mol. The molecule has 3 nitrogen and oxygen atoms in total. The van der Waals surface area contributed by atoms with Crippen LogP contribution in [0.25, 0.3) is 0 Å². The summed E-state index contributed by atoms with van der Waals surface area (Å²) in [5.74, 6) is 0.981. The first kappa shape index (κ1) is 16.1. The SMILES string of the molecule is CCC(C)N1CCN(c2ccccc2OC)CC1.Cl. The lowest BCUT2D eigenvalue weighted by molar-refractivity contribution is 0.192. The highest BCUT2D eigenvalue weighted by atomic mass is 35.5. The molecule has 2 rings (SSSR count). The third kappa shape index (κ3) is 3.77. The van der Waals surface area contributed by atoms with Crippen molar-refractivity contribution in [3.8, 4) is 5.75 Å². The standard InChI is InChI=1S/C15H24N2O.ClH/c1-4-13(2)16-9-11-17(12-10-16)14-7-5-6-8-15(14)18-3;/h5-8,13H,4,9-12H2,1-3H3;1H. The Bertz CT molecular complexity index is 378. The largest absolute Gasteiger partial charge is 0.495 e. The quantitative estimate of drug-likeness (QED) is 0.845. The molecule has 0 amide bonds. The predicted molar refractivity (Wildman–Crippen MR) is 83.8 cm³/mol. The normalized spacial score (nSPS) is 17.7. The van der Waals surface area contributed by atoms with Crippen LogP contribution in [0.2, 0.25) is 0 Å². The Morgan fingerprint density at radius 2 is 1.79 bits per heavy atom. The Morgan fingerprint density at radius 1 is 1.16 bits per heavy atom. The smallest absolute Gasteiger partial charge is 0.142 e. The zero-order chi connectivity index (χ0) is 13.0.